The van der Waals surface area contributed by atoms with Gasteiger partial charge in [0.2, 0.25) is 0 Å². The second-order valence-electron chi connectivity index (χ2n) is 6.08. The van der Waals surface area contributed by atoms with Gasteiger partial charge in [-0.1, -0.05) is 6.92 Å². The first-order chi connectivity index (χ1) is 8.56. The molecule has 1 aliphatic heterocycles. The number of piperazine rings is 1. The van der Waals surface area contributed by atoms with Crippen molar-refractivity contribution in [2.75, 3.05) is 32.7 Å². The van der Waals surface area contributed by atoms with Crippen LogP contribution < -0.4 is 5.32 Å². The van der Waals surface area contributed by atoms with Gasteiger partial charge in [-0.3, -0.25) is 15.1 Å². The minimum Gasteiger partial charge on any atom is -0.298 e. The predicted molar refractivity (Wildman–Crippen MR) is 73.3 cm³/mol. The molecule has 2 unspecified atom stereocenters. The highest BCUT2D eigenvalue weighted by Gasteiger charge is 2.35. The second-order valence-corrected chi connectivity index (χ2v) is 6.08. The summed E-state index contributed by atoms with van der Waals surface area (Å²) >= 11 is 0. The standard InChI is InChI=1S/C14H26N4/c1-4-18-8-7-17(9-12(18)2)11-14(3,10-15)16-13-5-6-13/h12-13,16H,4-9,11H2,1-3H3. The zero-order valence-electron chi connectivity index (χ0n) is 11.9. The number of nitriles is 1. The summed E-state index contributed by atoms with van der Waals surface area (Å²) in [6.45, 7) is 11.8. The Kier molecular flexibility index (Phi) is 4.26. The van der Waals surface area contributed by atoms with Gasteiger partial charge in [-0.05, 0) is 33.2 Å². The van der Waals surface area contributed by atoms with Gasteiger partial charge in [0.05, 0.1) is 6.07 Å². The van der Waals surface area contributed by atoms with Crippen LogP contribution in [0.1, 0.15) is 33.6 Å². The van der Waals surface area contributed by atoms with E-state index in [1.54, 1.807) is 0 Å². The zero-order valence-corrected chi connectivity index (χ0v) is 11.9. The van der Waals surface area contributed by atoms with Crippen molar-refractivity contribution in [3.63, 3.8) is 0 Å². The summed E-state index contributed by atoms with van der Waals surface area (Å²) in [5.74, 6) is 0. The molecule has 0 aromatic rings. The van der Waals surface area contributed by atoms with Gasteiger partial charge < -0.3 is 0 Å². The zero-order chi connectivity index (χ0) is 13.2. The third-order valence-electron chi connectivity index (χ3n) is 4.14. The van der Waals surface area contributed by atoms with Gasteiger partial charge in [0.25, 0.3) is 0 Å². The lowest BCUT2D eigenvalue weighted by atomic mass is 10.0. The Labute approximate surface area is 111 Å². The van der Waals surface area contributed by atoms with E-state index in [4.69, 9.17) is 0 Å². The van der Waals surface area contributed by atoms with Crippen LogP contribution in [-0.4, -0.2) is 60.1 Å². The van der Waals surface area contributed by atoms with Gasteiger partial charge in [0.1, 0.15) is 5.54 Å². The maximum absolute atomic E-state index is 9.41. The maximum Gasteiger partial charge on any atom is 0.116 e. The lowest BCUT2D eigenvalue weighted by Gasteiger charge is -2.41. The van der Waals surface area contributed by atoms with Crippen LogP contribution in [0.5, 0.6) is 0 Å². The minimum atomic E-state index is -0.380. The van der Waals surface area contributed by atoms with Crippen molar-refractivity contribution in [2.24, 2.45) is 0 Å². The molecule has 1 saturated carbocycles. The fourth-order valence-electron chi connectivity index (χ4n) is 2.92. The van der Waals surface area contributed by atoms with Gasteiger partial charge >= 0.3 is 0 Å². The fraction of sp³-hybridized carbons (Fsp3) is 0.929. The molecule has 4 nitrogen and oxygen atoms in total. The molecule has 0 bridgehead atoms. The Morgan fingerprint density at radius 3 is 2.61 bits per heavy atom. The number of hydrogen-bond acceptors (Lipinski definition) is 4. The summed E-state index contributed by atoms with van der Waals surface area (Å²) in [5.41, 5.74) is -0.380. The summed E-state index contributed by atoms with van der Waals surface area (Å²) in [5, 5.41) is 12.9. The SMILES string of the molecule is CCN1CCN(CC(C)(C#N)NC2CC2)CC1C. The first-order valence-corrected chi connectivity index (χ1v) is 7.21. The van der Waals surface area contributed by atoms with Crippen LogP contribution in [0.25, 0.3) is 0 Å². The van der Waals surface area contributed by atoms with Crippen LogP contribution in [0.3, 0.4) is 0 Å². The van der Waals surface area contributed by atoms with Crippen LogP contribution in [0.4, 0.5) is 0 Å². The van der Waals surface area contributed by atoms with Crippen molar-refractivity contribution >= 4 is 0 Å². The maximum atomic E-state index is 9.41. The highest BCUT2D eigenvalue weighted by Crippen LogP contribution is 2.23. The average Bonchev–Trinajstić information content (AvgIpc) is 3.13. The molecular formula is C14H26N4. The van der Waals surface area contributed by atoms with Crippen LogP contribution in [0, 0.1) is 11.3 Å². The summed E-state index contributed by atoms with van der Waals surface area (Å²) in [7, 11) is 0. The Hall–Kier alpha value is -0.630. The van der Waals surface area contributed by atoms with Crippen molar-refractivity contribution < 1.29 is 0 Å². The average molecular weight is 250 g/mol. The molecule has 102 valence electrons. The van der Waals surface area contributed by atoms with E-state index in [0.717, 1.165) is 32.7 Å². The van der Waals surface area contributed by atoms with E-state index in [-0.39, 0.29) is 5.54 Å². The summed E-state index contributed by atoms with van der Waals surface area (Å²) in [4.78, 5) is 4.95. The molecule has 0 aromatic heterocycles. The molecule has 2 fully saturated rings. The third kappa shape index (κ3) is 3.44. The van der Waals surface area contributed by atoms with Crippen molar-refractivity contribution in [1.82, 2.24) is 15.1 Å². The van der Waals surface area contributed by atoms with Crippen molar-refractivity contribution in [3.05, 3.63) is 0 Å². The normalized spacial score (nSPS) is 29.8. The fourth-order valence-corrected chi connectivity index (χ4v) is 2.92. The van der Waals surface area contributed by atoms with E-state index in [1.165, 1.54) is 12.8 Å². The molecule has 0 amide bonds. The number of nitrogens with zero attached hydrogens (tertiary/aromatic N) is 3. The predicted octanol–water partition coefficient (Wildman–Crippen LogP) is 1.05. The number of rotatable bonds is 5. The van der Waals surface area contributed by atoms with Crippen LogP contribution in [0.2, 0.25) is 0 Å². The van der Waals surface area contributed by atoms with E-state index in [2.05, 4.69) is 35.0 Å². The smallest absolute Gasteiger partial charge is 0.116 e. The van der Waals surface area contributed by atoms with Gasteiger partial charge in [0, 0.05) is 38.3 Å². The van der Waals surface area contributed by atoms with Gasteiger partial charge in [-0.15, -0.1) is 0 Å². The largest absolute Gasteiger partial charge is 0.298 e. The Morgan fingerprint density at radius 1 is 1.39 bits per heavy atom. The molecule has 1 aliphatic carbocycles. The van der Waals surface area contributed by atoms with Crippen LogP contribution in [0.15, 0.2) is 0 Å². The Morgan fingerprint density at radius 2 is 2.11 bits per heavy atom. The minimum absolute atomic E-state index is 0.380. The molecule has 0 spiro atoms. The molecule has 0 aromatic carbocycles. The lowest BCUT2D eigenvalue weighted by Crippen LogP contribution is -2.58. The number of nitrogens with one attached hydrogen (secondary N) is 1. The lowest BCUT2D eigenvalue weighted by molar-refractivity contribution is 0.0756. The molecule has 1 N–H and O–H groups in total. The highest BCUT2D eigenvalue weighted by atomic mass is 15.3. The molecule has 2 rings (SSSR count). The van der Waals surface area contributed by atoms with E-state index >= 15 is 0 Å². The van der Waals surface area contributed by atoms with Gasteiger partial charge in [-0.2, -0.15) is 5.26 Å². The Balaban J connectivity index is 1.86. The van der Waals surface area contributed by atoms with Crippen molar-refractivity contribution in [3.8, 4) is 6.07 Å². The second kappa shape index (κ2) is 5.56. The first kappa shape index (κ1) is 13.8. The highest BCUT2D eigenvalue weighted by molar-refractivity contribution is 5.09. The van der Waals surface area contributed by atoms with Gasteiger partial charge in [-0.25, -0.2) is 0 Å². The quantitative estimate of drug-likeness (QED) is 0.792. The number of hydrogen-bond donors (Lipinski definition) is 1. The van der Waals surface area contributed by atoms with E-state index < -0.39 is 0 Å². The third-order valence-corrected chi connectivity index (χ3v) is 4.14. The van der Waals surface area contributed by atoms with E-state index in [9.17, 15) is 5.26 Å². The van der Waals surface area contributed by atoms with E-state index in [1.807, 2.05) is 6.92 Å². The summed E-state index contributed by atoms with van der Waals surface area (Å²) < 4.78 is 0. The van der Waals surface area contributed by atoms with Gasteiger partial charge in [0.15, 0.2) is 0 Å². The monoisotopic (exact) mass is 250 g/mol. The van der Waals surface area contributed by atoms with Crippen molar-refractivity contribution in [2.45, 2.75) is 51.2 Å². The van der Waals surface area contributed by atoms with Crippen LogP contribution in [-0.2, 0) is 0 Å². The molecule has 1 saturated heterocycles. The van der Waals surface area contributed by atoms with E-state index in [0.29, 0.717) is 12.1 Å². The van der Waals surface area contributed by atoms with Crippen LogP contribution >= 0.6 is 0 Å². The summed E-state index contributed by atoms with van der Waals surface area (Å²) in [6, 6.07) is 3.66. The summed E-state index contributed by atoms with van der Waals surface area (Å²) in [6.07, 6.45) is 2.47. The molecule has 4 heteroatoms. The Bertz CT molecular complexity index is 320. The molecule has 2 aliphatic rings. The molecule has 18 heavy (non-hydrogen) atoms. The molecule has 2 atom stereocenters. The molecule has 1 heterocycles. The first-order valence-electron chi connectivity index (χ1n) is 7.21. The van der Waals surface area contributed by atoms with Crippen molar-refractivity contribution in [1.29, 1.82) is 5.26 Å². The molecular weight excluding hydrogens is 224 g/mol. The number of likely N-dealkylation sites (N-methyl/N-ethyl adjacent to an activating group) is 1. The topological polar surface area (TPSA) is 42.3 Å². The molecule has 0 radical (unpaired) electrons.